The van der Waals surface area contributed by atoms with Gasteiger partial charge in [0, 0.05) is 23.0 Å². The topological polar surface area (TPSA) is 70.1 Å². The van der Waals surface area contributed by atoms with E-state index < -0.39 is 0 Å². The van der Waals surface area contributed by atoms with Crippen molar-refractivity contribution in [2.45, 2.75) is 13.5 Å². The van der Waals surface area contributed by atoms with Gasteiger partial charge < -0.3 is 10.5 Å². The molecule has 2 aromatic heterocycles. The average molecular weight is 301 g/mol. The third-order valence-corrected chi connectivity index (χ3v) is 4.38. The third-order valence-electron chi connectivity index (χ3n) is 3.33. The molecule has 0 saturated carbocycles. The van der Waals surface area contributed by atoms with E-state index in [4.69, 9.17) is 10.5 Å². The van der Waals surface area contributed by atoms with Crippen molar-refractivity contribution in [1.82, 2.24) is 9.78 Å². The maximum Gasteiger partial charge on any atom is 0.348 e. The summed E-state index contributed by atoms with van der Waals surface area (Å²) in [7, 11) is 1.87. The summed E-state index contributed by atoms with van der Waals surface area (Å²) < 4.78 is 7.13. The molecule has 0 saturated heterocycles. The van der Waals surface area contributed by atoms with E-state index >= 15 is 0 Å². The summed E-state index contributed by atoms with van der Waals surface area (Å²) in [5.41, 5.74) is 8.14. The van der Waals surface area contributed by atoms with Crippen LogP contribution in [0.4, 0.5) is 5.69 Å². The van der Waals surface area contributed by atoms with Gasteiger partial charge in [0.05, 0.1) is 5.52 Å². The molecule has 0 atom stereocenters. The highest BCUT2D eigenvalue weighted by molar-refractivity contribution is 7.14. The van der Waals surface area contributed by atoms with Gasteiger partial charge >= 0.3 is 5.97 Å². The van der Waals surface area contributed by atoms with Crippen LogP contribution >= 0.6 is 11.3 Å². The first-order valence-corrected chi connectivity index (χ1v) is 7.31. The summed E-state index contributed by atoms with van der Waals surface area (Å²) in [5, 5.41) is 5.39. The maximum atomic E-state index is 12.0. The Morgan fingerprint density at radius 3 is 2.90 bits per heavy atom. The Labute approximate surface area is 125 Å². The van der Waals surface area contributed by atoms with Crippen LogP contribution in [0.1, 0.15) is 20.2 Å². The van der Waals surface area contributed by atoms with E-state index in [0.29, 0.717) is 10.6 Å². The summed E-state index contributed by atoms with van der Waals surface area (Å²) in [4.78, 5) is 13.5. The molecule has 0 aliphatic carbocycles. The molecule has 21 heavy (non-hydrogen) atoms. The number of para-hydroxylation sites is 1. The predicted molar refractivity (Wildman–Crippen MR) is 83.3 cm³/mol. The quantitative estimate of drug-likeness (QED) is 0.755. The van der Waals surface area contributed by atoms with Crippen LogP contribution in [0.5, 0.6) is 0 Å². The third kappa shape index (κ3) is 2.50. The number of nitrogens with zero attached hydrogens (tertiary/aromatic N) is 2. The van der Waals surface area contributed by atoms with E-state index in [-0.39, 0.29) is 12.6 Å². The molecule has 1 aromatic carbocycles. The van der Waals surface area contributed by atoms with Crippen molar-refractivity contribution < 1.29 is 9.53 Å². The number of aromatic nitrogens is 2. The number of aryl methyl sites for hydroxylation is 2. The number of carbonyl (C=O) groups excluding carboxylic acids is 1. The zero-order chi connectivity index (χ0) is 15.0. The van der Waals surface area contributed by atoms with E-state index in [1.54, 1.807) is 10.7 Å². The van der Waals surface area contributed by atoms with E-state index in [1.807, 2.05) is 38.2 Å². The highest BCUT2D eigenvalue weighted by Gasteiger charge is 2.15. The monoisotopic (exact) mass is 301 g/mol. The average Bonchev–Trinajstić information content (AvgIpc) is 2.98. The Kier molecular flexibility index (Phi) is 3.39. The molecule has 6 heteroatoms. The fraction of sp³-hybridized carbons (Fsp3) is 0.200. The summed E-state index contributed by atoms with van der Waals surface area (Å²) in [6, 6.07) is 9.50. The number of ether oxygens (including phenoxy) is 1. The molecule has 0 radical (unpaired) electrons. The van der Waals surface area contributed by atoms with Crippen LogP contribution in [0.2, 0.25) is 0 Å². The largest absolute Gasteiger partial charge is 0.455 e. The van der Waals surface area contributed by atoms with Crippen LogP contribution < -0.4 is 5.73 Å². The van der Waals surface area contributed by atoms with Gasteiger partial charge in [-0.05, 0) is 19.1 Å². The number of rotatable bonds is 3. The number of esters is 1. The molecule has 2 N–H and O–H groups in total. The van der Waals surface area contributed by atoms with Gasteiger partial charge in [-0.15, -0.1) is 11.3 Å². The van der Waals surface area contributed by atoms with Gasteiger partial charge in [-0.3, -0.25) is 4.68 Å². The lowest BCUT2D eigenvalue weighted by molar-refractivity contribution is 0.0474. The minimum absolute atomic E-state index is 0.150. The van der Waals surface area contributed by atoms with Gasteiger partial charge in [-0.2, -0.15) is 5.10 Å². The molecule has 0 fully saturated rings. The second-order valence-corrected chi connectivity index (χ2v) is 6.04. The molecule has 0 aliphatic heterocycles. The SMILES string of the molecule is Cc1sc(C(=O)OCc2nn(C)c3ccccc23)cc1N. The highest BCUT2D eigenvalue weighted by Crippen LogP contribution is 2.25. The van der Waals surface area contributed by atoms with Crippen LogP contribution in [0.25, 0.3) is 10.9 Å². The Bertz CT molecular complexity index is 800. The normalized spacial score (nSPS) is 11.0. The molecule has 5 nitrogen and oxygen atoms in total. The predicted octanol–water partition coefficient (Wildman–Crippen LogP) is 2.88. The standard InChI is InChI=1S/C15H15N3O2S/c1-9-11(16)7-14(21-9)15(19)20-8-12-10-5-3-4-6-13(10)18(2)17-12/h3-7H,8,16H2,1-2H3. The van der Waals surface area contributed by atoms with Crippen LogP contribution in [0.3, 0.4) is 0 Å². The van der Waals surface area contributed by atoms with Crippen molar-refractivity contribution in [3.05, 3.63) is 45.8 Å². The van der Waals surface area contributed by atoms with Crippen LogP contribution in [-0.4, -0.2) is 15.7 Å². The number of benzene rings is 1. The summed E-state index contributed by atoms with van der Waals surface area (Å²) in [5.74, 6) is -0.366. The number of nitrogens with two attached hydrogens (primary N) is 1. The molecule has 3 aromatic rings. The molecule has 0 aliphatic rings. The number of hydrogen-bond donors (Lipinski definition) is 1. The molecular formula is C15H15N3O2S. The van der Waals surface area contributed by atoms with Gasteiger partial charge in [0.2, 0.25) is 0 Å². The molecule has 108 valence electrons. The number of thiophene rings is 1. The van der Waals surface area contributed by atoms with Crippen molar-refractivity contribution in [2.24, 2.45) is 7.05 Å². The Hall–Kier alpha value is -2.34. The maximum absolute atomic E-state index is 12.0. The summed E-state index contributed by atoms with van der Waals surface area (Å²) in [6.07, 6.45) is 0. The highest BCUT2D eigenvalue weighted by atomic mass is 32.1. The molecule has 3 rings (SSSR count). The minimum atomic E-state index is -0.366. The van der Waals surface area contributed by atoms with Gasteiger partial charge in [-0.25, -0.2) is 4.79 Å². The molecule has 0 bridgehead atoms. The molecule has 2 heterocycles. The smallest absolute Gasteiger partial charge is 0.348 e. The first kappa shape index (κ1) is 13.6. The van der Waals surface area contributed by atoms with E-state index in [2.05, 4.69) is 5.10 Å². The molecule has 0 unspecified atom stereocenters. The summed E-state index contributed by atoms with van der Waals surface area (Å²) in [6.45, 7) is 2.03. The van der Waals surface area contributed by atoms with Crippen molar-refractivity contribution >= 4 is 33.9 Å². The van der Waals surface area contributed by atoms with E-state index in [1.165, 1.54) is 11.3 Å². The number of carbonyl (C=O) groups is 1. The number of fused-ring (bicyclic) bond motifs is 1. The zero-order valence-electron chi connectivity index (χ0n) is 11.8. The second-order valence-electron chi connectivity index (χ2n) is 4.79. The van der Waals surface area contributed by atoms with Crippen molar-refractivity contribution in [1.29, 1.82) is 0 Å². The van der Waals surface area contributed by atoms with Gasteiger partial charge in [0.25, 0.3) is 0 Å². The number of anilines is 1. The Morgan fingerprint density at radius 2 is 2.19 bits per heavy atom. The zero-order valence-corrected chi connectivity index (χ0v) is 12.6. The fourth-order valence-corrected chi connectivity index (χ4v) is 3.03. The molecule has 0 spiro atoms. The molecular weight excluding hydrogens is 286 g/mol. The summed E-state index contributed by atoms with van der Waals surface area (Å²) >= 11 is 1.34. The van der Waals surface area contributed by atoms with Crippen molar-refractivity contribution in [3.63, 3.8) is 0 Å². The lowest BCUT2D eigenvalue weighted by Crippen LogP contribution is -2.04. The lowest BCUT2D eigenvalue weighted by Gasteiger charge is -2.00. The van der Waals surface area contributed by atoms with Crippen molar-refractivity contribution in [2.75, 3.05) is 5.73 Å². The van der Waals surface area contributed by atoms with Crippen LogP contribution in [0, 0.1) is 6.92 Å². The van der Waals surface area contributed by atoms with Gasteiger partial charge in [-0.1, -0.05) is 18.2 Å². The Balaban J connectivity index is 1.79. The Morgan fingerprint density at radius 1 is 1.43 bits per heavy atom. The first-order chi connectivity index (χ1) is 10.1. The van der Waals surface area contributed by atoms with Crippen LogP contribution in [0.15, 0.2) is 30.3 Å². The van der Waals surface area contributed by atoms with E-state index in [9.17, 15) is 4.79 Å². The van der Waals surface area contributed by atoms with Crippen molar-refractivity contribution in [3.8, 4) is 0 Å². The van der Waals surface area contributed by atoms with Crippen LogP contribution in [-0.2, 0) is 18.4 Å². The molecule has 0 amide bonds. The fourth-order valence-electron chi connectivity index (χ4n) is 2.20. The van der Waals surface area contributed by atoms with Gasteiger partial charge in [0.15, 0.2) is 0 Å². The van der Waals surface area contributed by atoms with E-state index in [0.717, 1.165) is 21.5 Å². The number of hydrogen-bond acceptors (Lipinski definition) is 5. The lowest BCUT2D eigenvalue weighted by atomic mass is 10.2. The first-order valence-electron chi connectivity index (χ1n) is 6.50. The van der Waals surface area contributed by atoms with Gasteiger partial charge in [0.1, 0.15) is 17.2 Å². The minimum Gasteiger partial charge on any atom is -0.455 e. The number of nitrogen functional groups attached to an aromatic ring is 1. The second kappa shape index (κ2) is 5.21.